The summed E-state index contributed by atoms with van der Waals surface area (Å²) in [6.45, 7) is 5.86. The molecule has 0 N–H and O–H groups in total. The zero-order valence-corrected chi connectivity index (χ0v) is 16.5. The number of hydrogen-bond donors (Lipinski definition) is 0. The number of carbonyl (C=O) groups excluding carboxylic acids is 1. The summed E-state index contributed by atoms with van der Waals surface area (Å²) < 4.78 is 5.92. The van der Waals surface area contributed by atoms with Crippen molar-refractivity contribution in [1.82, 2.24) is 14.8 Å². The lowest BCUT2D eigenvalue weighted by Crippen LogP contribution is -2.36. The predicted molar refractivity (Wildman–Crippen MR) is 107 cm³/mol. The Balaban J connectivity index is 1.45. The molecule has 1 aromatic carbocycles. The van der Waals surface area contributed by atoms with E-state index >= 15 is 0 Å². The van der Waals surface area contributed by atoms with Crippen molar-refractivity contribution >= 4 is 5.91 Å². The van der Waals surface area contributed by atoms with Crippen LogP contribution in [0.2, 0.25) is 0 Å². The van der Waals surface area contributed by atoms with Gasteiger partial charge in [0.2, 0.25) is 0 Å². The third kappa shape index (κ3) is 5.07. The summed E-state index contributed by atoms with van der Waals surface area (Å²) in [6.07, 6.45) is 3.90. The number of nitrogens with zero attached hydrogens (tertiary/aromatic N) is 3. The average molecular weight is 367 g/mol. The Labute approximate surface area is 162 Å². The van der Waals surface area contributed by atoms with E-state index in [1.165, 1.54) is 5.56 Å². The van der Waals surface area contributed by atoms with Crippen LogP contribution in [-0.2, 0) is 0 Å². The average Bonchev–Trinajstić information content (AvgIpc) is 2.69. The Bertz CT molecular complexity index is 750. The number of amides is 1. The van der Waals surface area contributed by atoms with Crippen LogP contribution in [0, 0.1) is 6.92 Å². The Morgan fingerprint density at radius 3 is 2.56 bits per heavy atom. The summed E-state index contributed by atoms with van der Waals surface area (Å²) in [5.74, 6) is 1.45. The molecule has 0 atom stereocenters. The molecule has 3 rings (SSSR count). The SMILES string of the molecule is Cc1ccccc1OCCN1CCC(c2ccc(C(=O)N(C)C)cn2)CC1. The molecule has 1 amide bonds. The van der Waals surface area contributed by atoms with Crippen LogP contribution >= 0.6 is 0 Å². The largest absolute Gasteiger partial charge is 0.492 e. The van der Waals surface area contributed by atoms with E-state index in [9.17, 15) is 4.79 Å². The molecule has 5 heteroatoms. The van der Waals surface area contributed by atoms with Crippen LogP contribution in [0.25, 0.3) is 0 Å². The molecule has 1 aliphatic rings. The first-order valence-electron chi connectivity index (χ1n) is 9.63. The fourth-order valence-corrected chi connectivity index (χ4v) is 3.49. The number of rotatable bonds is 6. The zero-order valence-electron chi connectivity index (χ0n) is 16.5. The summed E-state index contributed by atoms with van der Waals surface area (Å²) in [7, 11) is 3.52. The minimum atomic E-state index is -0.00229. The predicted octanol–water partition coefficient (Wildman–Crippen LogP) is 3.35. The van der Waals surface area contributed by atoms with Gasteiger partial charge in [0.25, 0.3) is 5.91 Å². The van der Waals surface area contributed by atoms with Crippen LogP contribution in [0.3, 0.4) is 0 Å². The molecule has 0 unspecified atom stereocenters. The van der Waals surface area contributed by atoms with E-state index in [1.807, 2.05) is 30.3 Å². The molecule has 1 aliphatic heterocycles. The van der Waals surface area contributed by atoms with E-state index in [0.717, 1.165) is 50.5 Å². The van der Waals surface area contributed by atoms with Crippen molar-refractivity contribution in [3.8, 4) is 5.75 Å². The van der Waals surface area contributed by atoms with Crippen LogP contribution in [0.15, 0.2) is 42.6 Å². The number of pyridine rings is 1. The fourth-order valence-electron chi connectivity index (χ4n) is 3.49. The highest BCUT2D eigenvalue weighted by Gasteiger charge is 2.22. The van der Waals surface area contributed by atoms with E-state index in [-0.39, 0.29) is 5.91 Å². The van der Waals surface area contributed by atoms with Gasteiger partial charge in [-0.05, 0) is 56.6 Å². The van der Waals surface area contributed by atoms with Gasteiger partial charge >= 0.3 is 0 Å². The summed E-state index contributed by atoms with van der Waals surface area (Å²) in [4.78, 5) is 20.6. The number of benzene rings is 1. The van der Waals surface area contributed by atoms with Gasteiger partial charge in [-0.2, -0.15) is 0 Å². The van der Waals surface area contributed by atoms with Crippen LogP contribution in [-0.4, -0.2) is 61.0 Å². The maximum atomic E-state index is 12.0. The molecular formula is C22H29N3O2. The van der Waals surface area contributed by atoms with E-state index in [4.69, 9.17) is 4.74 Å². The number of carbonyl (C=O) groups is 1. The van der Waals surface area contributed by atoms with Crippen LogP contribution in [0.4, 0.5) is 0 Å². The third-order valence-corrected chi connectivity index (χ3v) is 5.20. The number of para-hydroxylation sites is 1. The van der Waals surface area contributed by atoms with Gasteiger partial charge < -0.3 is 9.64 Å². The number of ether oxygens (including phenoxy) is 1. The van der Waals surface area contributed by atoms with Gasteiger partial charge in [0, 0.05) is 38.4 Å². The second kappa shape index (κ2) is 9.00. The lowest BCUT2D eigenvalue weighted by Gasteiger charge is -2.31. The van der Waals surface area contributed by atoms with Gasteiger partial charge in [0.05, 0.1) is 5.56 Å². The maximum absolute atomic E-state index is 12.0. The number of likely N-dealkylation sites (tertiary alicyclic amines) is 1. The molecule has 0 radical (unpaired) electrons. The first-order chi connectivity index (χ1) is 13.0. The van der Waals surface area contributed by atoms with Crippen molar-refractivity contribution < 1.29 is 9.53 Å². The molecule has 2 aromatic rings. The summed E-state index contributed by atoms with van der Waals surface area (Å²) in [6, 6.07) is 12.1. The number of aryl methyl sites for hydroxylation is 1. The Morgan fingerprint density at radius 1 is 1.19 bits per heavy atom. The first-order valence-corrected chi connectivity index (χ1v) is 9.63. The lowest BCUT2D eigenvalue weighted by molar-refractivity contribution is 0.0827. The van der Waals surface area contributed by atoms with Crippen molar-refractivity contribution in [1.29, 1.82) is 0 Å². The minimum absolute atomic E-state index is 0.00229. The third-order valence-electron chi connectivity index (χ3n) is 5.20. The first kappa shape index (κ1) is 19.4. The summed E-state index contributed by atoms with van der Waals surface area (Å²) in [5, 5.41) is 0. The molecule has 1 fully saturated rings. The molecule has 0 bridgehead atoms. The topological polar surface area (TPSA) is 45.7 Å². The quantitative estimate of drug-likeness (QED) is 0.785. The number of aromatic nitrogens is 1. The van der Waals surface area contributed by atoms with Crippen molar-refractivity contribution in [2.24, 2.45) is 0 Å². The molecular weight excluding hydrogens is 338 g/mol. The van der Waals surface area contributed by atoms with Gasteiger partial charge in [-0.1, -0.05) is 18.2 Å². The zero-order chi connectivity index (χ0) is 19.2. The van der Waals surface area contributed by atoms with Crippen molar-refractivity contribution in [2.45, 2.75) is 25.7 Å². The molecule has 144 valence electrons. The molecule has 0 aliphatic carbocycles. The second-order valence-electron chi connectivity index (χ2n) is 7.40. The molecule has 0 saturated carbocycles. The highest BCUT2D eigenvalue weighted by Crippen LogP contribution is 2.26. The van der Waals surface area contributed by atoms with E-state index in [0.29, 0.717) is 11.5 Å². The van der Waals surface area contributed by atoms with E-state index in [1.54, 1.807) is 25.2 Å². The van der Waals surface area contributed by atoms with Crippen molar-refractivity contribution in [3.63, 3.8) is 0 Å². The Morgan fingerprint density at radius 2 is 1.93 bits per heavy atom. The number of piperidine rings is 1. The number of hydrogen-bond acceptors (Lipinski definition) is 4. The highest BCUT2D eigenvalue weighted by molar-refractivity contribution is 5.93. The smallest absolute Gasteiger partial charge is 0.254 e. The molecule has 1 saturated heterocycles. The minimum Gasteiger partial charge on any atom is -0.492 e. The second-order valence-corrected chi connectivity index (χ2v) is 7.40. The van der Waals surface area contributed by atoms with E-state index < -0.39 is 0 Å². The normalized spacial score (nSPS) is 15.5. The molecule has 1 aromatic heterocycles. The van der Waals surface area contributed by atoms with Gasteiger partial charge in [-0.15, -0.1) is 0 Å². The standard InChI is InChI=1S/C22H29N3O2/c1-17-6-4-5-7-21(17)27-15-14-25-12-10-18(11-13-25)20-9-8-19(16-23-20)22(26)24(2)3/h4-9,16,18H,10-15H2,1-3H3. The molecule has 2 heterocycles. The van der Waals surface area contributed by atoms with Gasteiger partial charge in [-0.3, -0.25) is 14.7 Å². The fraction of sp³-hybridized carbons (Fsp3) is 0.455. The summed E-state index contributed by atoms with van der Waals surface area (Å²) in [5.41, 5.74) is 2.93. The van der Waals surface area contributed by atoms with Crippen LogP contribution < -0.4 is 4.74 Å². The monoisotopic (exact) mass is 367 g/mol. The highest BCUT2D eigenvalue weighted by atomic mass is 16.5. The van der Waals surface area contributed by atoms with Crippen molar-refractivity contribution in [2.75, 3.05) is 40.3 Å². The van der Waals surface area contributed by atoms with Crippen molar-refractivity contribution in [3.05, 3.63) is 59.4 Å². The molecule has 0 spiro atoms. The van der Waals surface area contributed by atoms with Gasteiger partial charge in [0.1, 0.15) is 12.4 Å². The molecule has 5 nitrogen and oxygen atoms in total. The Kier molecular flexibility index (Phi) is 6.45. The maximum Gasteiger partial charge on any atom is 0.254 e. The van der Waals surface area contributed by atoms with E-state index in [2.05, 4.69) is 22.9 Å². The van der Waals surface area contributed by atoms with Gasteiger partial charge in [0.15, 0.2) is 0 Å². The lowest BCUT2D eigenvalue weighted by atomic mass is 9.93. The molecule has 27 heavy (non-hydrogen) atoms. The van der Waals surface area contributed by atoms with Crippen LogP contribution in [0.1, 0.15) is 40.4 Å². The summed E-state index contributed by atoms with van der Waals surface area (Å²) >= 11 is 0. The Hall–Kier alpha value is -2.40. The van der Waals surface area contributed by atoms with Gasteiger partial charge in [-0.25, -0.2) is 0 Å². The van der Waals surface area contributed by atoms with Crippen LogP contribution in [0.5, 0.6) is 5.75 Å².